The van der Waals surface area contributed by atoms with E-state index in [0.29, 0.717) is 0 Å². The summed E-state index contributed by atoms with van der Waals surface area (Å²) in [5.41, 5.74) is 5.00. The molecule has 0 bridgehead atoms. The lowest BCUT2D eigenvalue weighted by Gasteiger charge is -2.14. The van der Waals surface area contributed by atoms with E-state index in [1.165, 1.54) is 43.1 Å². The molecule has 0 saturated carbocycles. The Kier molecular flexibility index (Phi) is 2.44. The first kappa shape index (κ1) is 9.50. The van der Waals surface area contributed by atoms with E-state index >= 15 is 0 Å². The lowest BCUT2D eigenvalue weighted by molar-refractivity contribution is -0.136. The fraction of sp³-hybridized carbons (Fsp3) is 0.583. The van der Waals surface area contributed by atoms with Crippen molar-refractivity contribution < 1.29 is 9.53 Å². The van der Waals surface area contributed by atoms with Crippen LogP contribution < -0.4 is 0 Å². The van der Waals surface area contributed by atoms with E-state index in [-0.39, 0.29) is 5.97 Å². The number of rotatable bonds is 1. The van der Waals surface area contributed by atoms with Crippen molar-refractivity contribution in [3.8, 4) is 0 Å². The van der Waals surface area contributed by atoms with Gasteiger partial charge in [0.25, 0.3) is 0 Å². The van der Waals surface area contributed by atoms with Gasteiger partial charge in [-0.2, -0.15) is 0 Å². The summed E-state index contributed by atoms with van der Waals surface area (Å²) < 4.78 is 4.79. The number of esters is 1. The highest BCUT2D eigenvalue weighted by molar-refractivity contribution is 5.92. The Hall–Kier alpha value is -1.05. The summed E-state index contributed by atoms with van der Waals surface area (Å²) >= 11 is 0. The maximum absolute atomic E-state index is 11.5. The standard InChI is InChI=1S/C12H16O2/c1-8-10-6-4-3-5-9(10)7-11(8)12(13)14-2/h3-7H2,1-2H3. The van der Waals surface area contributed by atoms with Gasteiger partial charge in [0.1, 0.15) is 0 Å². The van der Waals surface area contributed by atoms with Crippen molar-refractivity contribution >= 4 is 5.97 Å². The van der Waals surface area contributed by atoms with E-state index in [9.17, 15) is 4.79 Å². The molecular formula is C12H16O2. The molecule has 0 aliphatic heterocycles. The van der Waals surface area contributed by atoms with Gasteiger partial charge < -0.3 is 4.74 Å². The van der Waals surface area contributed by atoms with Gasteiger partial charge in [-0.05, 0) is 43.8 Å². The summed E-state index contributed by atoms with van der Waals surface area (Å²) in [5.74, 6) is -0.142. The molecule has 14 heavy (non-hydrogen) atoms. The number of ether oxygens (including phenoxy) is 1. The first-order valence-electron chi connectivity index (χ1n) is 5.23. The van der Waals surface area contributed by atoms with Gasteiger partial charge in [0.15, 0.2) is 0 Å². The molecule has 2 heteroatoms. The van der Waals surface area contributed by atoms with E-state index in [1.54, 1.807) is 0 Å². The summed E-state index contributed by atoms with van der Waals surface area (Å²) in [6.45, 7) is 2.06. The zero-order chi connectivity index (χ0) is 10.1. The Morgan fingerprint density at radius 2 is 2.00 bits per heavy atom. The summed E-state index contributed by atoms with van der Waals surface area (Å²) in [6.07, 6.45) is 5.72. The number of hydrogen-bond donors (Lipinski definition) is 0. The molecule has 0 aromatic rings. The van der Waals surface area contributed by atoms with Crippen LogP contribution in [0, 0.1) is 0 Å². The lowest BCUT2D eigenvalue weighted by Crippen LogP contribution is -2.04. The molecule has 2 rings (SSSR count). The average Bonchev–Trinajstić information content (AvgIpc) is 2.56. The quantitative estimate of drug-likeness (QED) is 0.597. The van der Waals surface area contributed by atoms with Gasteiger partial charge in [0.2, 0.25) is 0 Å². The first-order valence-corrected chi connectivity index (χ1v) is 5.23. The second kappa shape index (κ2) is 3.60. The number of allylic oxidation sites excluding steroid dienone is 3. The molecule has 0 N–H and O–H groups in total. The van der Waals surface area contributed by atoms with Crippen molar-refractivity contribution in [1.29, 1.82) is 0 Å². The van der Waals surface area contributed by atoms with E-state index < -0.39 is 0 Å². The molecule has 0 aromatic heterocycles. The van der Waals surface area contributed by atoms with E-state index in [4.69, 9.17) is 4.74 Å². The van der Waals surface area contributed by atoms with Crippen molar-refractivity contribution in [2.24, 2.45) is 0 Å². The molecule has 0 atom stereocenters. The Bertz CT molecular complexity index is 334. The molecule has 2 aliphatic carbocycles. The molecule has 0 saturated heterocycles. The molecular weight excluding hydrogens is 176 g/mol. The fourth-order valence-corrected chi connectivity index (χ4v) is 2.49. The topological polar surface area (TPSA) is 26.3 Å². The normalized spacial score (nSPS) is 21.3. The van der Waals surface area contributed by atoms with Crippen molar-refractivity contribution in [2.75, 3.05) is 7.11 Å². The third kappa shape index (κ3) is 1.39. The van der Waals surface area contributed by atoms with Crippen LogP contribution in [-0.2, 0) is 9.53 Å². The zero-order valence-corrected chi connectivity index (χ0v) is 8.85. The molecule has 0 fully saturated rings. The van der Waals surface area contributed by atoms with Crippen LogP contribution in [0.1, 0.15) is 39.0 Å². The lowest BCUT2D eigenvalue weighted by atomic mass is 9.91. The predicted molar refractivity (Wildman–Crippen MR) is 54.8 cm³/mol. The van der Waals surface area contributed by atoms with Crippen molar-refractivity contribution in [3.63, 3.8) is 0 Å². The summed E-state index contributed by atoms with van der Waals surface area (Å²) in [4.78, 5) is 11.5. The molecule has 76 valence electrons. The summed E-state index contributed by atoms with van der Waals surface area (Å²) in [5, 5.41) is 0. The predicted octanol–water partition coefficient (Wildman–Crippen LogP) is 2.75. The van der Waals surface area contributed by atoms with E-state index in [2.05, 4.69) is 6.92 Å². The summed E-state index contributed by atoms with van der Waals surface area (Å²) in [7, 11) is 1.46. The monoisotopic (exact) mass is 192 g/mol. The highest BCUT2D eigenvalue weighted by Gasteiger charge is 2.27. The summed E-state index contributed by atoms with van der Waals surface area (Å²) in [6, 6.07) is 0. The number of carbonyl (C=O) groups excluding carboxylic acids is 1. The van der Waals surface area contributed by atoms with Gasteiger partial charge in [-0.3, -0.25) is 0 Å². The highest BCUT2D eigenvalue weighted by atomic mass is 16.5. The van der Waals surface area contributed by atoms with Crippen LogP contribution in [0.25, 0.3) is 0 Å². The Balaban J connectivity index is 2.26. The molecule has 2 nitrogen and oxygen atoms in total. The molecule has 0 radical (unpaired) electrons. The smallest absolute Gasteiger partial charge is 0.334 e. The minimum atomic E-state index is -0.142. The number of hydrogen-bond acceptors (Lipinski definition) is 2. The minimum absolute atomic E-state index is 0.142. The molecule has 0 spiro atoms. The van der Waals surface area contributed by atoms with Crippen LogP contribution in [0.4, 0.5) is 0 Å². The van der Waals surface area contributed by atoms with Crippen molar-refractivity contribution in [1.82, 2.24) is 0 Å². The molecule has 0 heterocycles. The maximum Gasteiger partial charge on any atom is 0.334 e. The largest absolute Gasteiger partial charge is 0.466 e. The second-order valence-corrected chi connectivity index (χ2v) is 4.06. The van der Waals surface area contributed by atoms with Crippen LogP contribution in [0.5, 0.6) is 0 Å². The second-order valence-electron chi connectivity index (χ2n) is 4.06. The van der Waals surface area contributed by atoms with Crippen LogP contribution in [-0.4, -0.2) is 13.1 Å². The van der Waals surface area contributed by atoms with Gasteiger partial charge >= 0.3 is 5.97 Å². The van der Waals surface area contributed by atoms with Gasteiger partial charge in [-0.1, -0.05) is 5.57 Å². The average molecular weight is 192 g/mol. The maximum atomic E-state index is 11.5. The Labute approximate surface area is 84.6 Å². The van der Waals surface area contributed by atoms with Gasteiger partial charge in [-0.15, -0.1) is 0 Å². The zero-order valence-electron chi connectivity index (χ0n) is 8.85. The van der Waals surface area contributed by atoms with Crippen LogP contribution in [0.15, 0.2) is 22.3 Å². The molecule has 0 aromatic carbocycles. The highest BCUT2D eigenvalue weighted by Crippen LogP contribution is 2.40. The SMILES string of the molecule is COC(=O)C1=C(C)C2=C(CCCC2)C1. The van der Waals surface area contributed by atoms with E-state index in [0.717, 1.165) is 18.4 Å². The Morgan fingerprint density at radius 1 is 1.29 bits per heavy atom. The Morgan fingerprint density at radius 3 is 2.64 bits per heavy atom. The number of carbonyl (C=O) groups is 1. The van der Waals surface area contributed by atoms with E-state index in [1.807, 2.05) is 0 Å². The van der Waals surface area contributed by atoms with Crippen LogP contribution in [0.3, 0.4) is 0 Å². The van der Waals surface area contributed by atoms with Crippen molar-refractivity contribution in [2.45, 2.75) is 39.0 Å². The molecule has 0 unspecified atom stereocenters. The van der Waals surface area contributed by atoms with Gasteiger partial charge in [0.05, 0.1) is 7.11 Å². The first-order chi connectivity index (χ1) is 6.74. The molecule has 2 aliphatic rings. The van der Waals surface area contributed by atoms with Gasteiger partial charge in [-0.25, -0.2) is 4.79 Å². The van der Waals surface area contributed by atoms with Crippen LogP contribution >= 0.6 is 0 Å². The minimum Gasteiger partial charge on any atom is -0.466 e. The third-order valence-electron chi connectivity index (χ3n) is 3.31. The van der Waals surface area contributed by atoms with Crippen LogP contribution in [0.2, 0.25) is 0 Å². The van der Waals surface area contributed by atoms with Crippen molar-refractivity contribution in [3.05, 3.63) is 22.3 Å². The third-order valence-corrected chi connectivity index (χ3v) is 3.31. The number of methoxy groups -OCH3 is 1. The fourth-order valence-electron chi connectivity index (χ4n) is 2.49. The van der Waals surface area contributed by atoms with Gasteiger partial charge in [0, 0.05) is 12.0 Å². The molecule has 0 amide bonds.